The molecule has 1 aliphatic heterocycles. The maximum absolute atomic E-state index is 4.47. The van der Waals surface area contributed by atoms with Gasteiger partial charge in [0.15, 0.2) is 0 Å². The molecule has 0 aromatic rings. The highest BCUT2D eigenvalue weighted by molar-refractivity contribution is 8.07. The molecule has 4 heteroatoms. The zero-order chi connectivity index (χ0) is 9.14. The topological polar surface area (TPSA) is 0 Å². The van der Waals surface area contributed by atoms with Gasteiger partial charge in [-0.3, -0.25) is 0 Å². The van der Waals surface area contributed by atoms with Crippen LogP contribution in [-0.2, 0) is 0 Å². The molecule has 1 aliphatic rings. The van der Waals surface area contributed by atoms with Crippen molar-refractivity contribution < 1.29 is 0 Å². The Balaban J connectivity index is 2.30. The third-order valence-electron chi connectivity index (χ3n) is 2.03. The van der Waals surface area contributed by atoms with Crippen LogP contribution in [0.5, 0.6) is 0 Å². The monoisotopic (exact) mass is 240 g/mol. The average molecular weight is 240 g/mol. The molecule has 12 heavy (non-hydrogen) atoms. The Morgan fingerprint density at radius 2 is 1.33 bits per heavy atom. The van der Waals surface area contributed by atoms with Crippen LogP contribution in [0.1, 0.15) is 13.8 Å². The zero-order valence-electron chi connectivity index (χ0n) is 7.43. The molecule has 0 aromatic carbocycles. The highest BCUT2D eigenvalue weighted by atomic mass is 32.2. The summed E-state index contributed by atoms with van der Waals surface area (Å²) in [5.74, 6) is 2.48. The summed E-state index contributed by atoms with van der Waals surface area (Å²) in [6.07, 6.45) is 0. The Kier molecular flexibility index (Phi) is 5.09. The molecule has 1 fully saturated rings. The van der Waals surface area contributed by atoms with E-state index in [2.05, 4.69) is 62.6 Å². The van der Waals surface area contributed by atoms with Gasteiger partial charge in [0.25, 0.3) is 0 Å². The van der Waals surface area contributed by atoms with E-state index >= 15 is 0 Å². The van der Waals surface area contributed by atoms with E-state index in [-0.39, 0.29) is 0 Å². The summed E-state index contributed by atoms with van der Waals surface area (Å²) in [4.78, 5) is 0. The van der Waals surface area contributed by atoms with E-state index in [4.69, 9.17) is 0 Å². The fraction of sp³-hybridized carbons (Fsp3) is 1.00. The summed E-state index contributed by atoms with van der Waals surface area (Å²) in [5.41, 5.74) is 0. The number of hydrogen-bond donors (Lipinski definition) is 2. The van der Waals surface area contributed by atoms with Gasteiger partial charge in [-0.1, -0.05) is 13.8 Å². The maximum Gasteiger partial charge on any atom is 0.0252 e. The molecular weight excluding hydrogens is 224 g/mol. The van der Waals surface area contributed by atoms with Crippen LogP contribution < -0.4 is 0 Å². The first kappa shape index (κ1) is 11.5. The summed E-state index contributed by atoms with van der Waals surface area (Å²) in [6, 6.07) is 0. The molecule has 0 bridgehead atoms. The van der Waals surface area contributed by atoms with E-state index in [1.807, 2.05) is 0 Å². The van der Waals surface area contributed by atoms with Crippen LogP contribution in [0.3, 0.4) is 0 Å². The quantitative estimate of drug-likeness (QED) is 0.713. The highest BCUT2D eigenvalue weighted by Gasteiger charge is 2.26. The lowest BCUT2D eigenvalue weighted by atomic mass is 10.3. The van der Waals surface area contributed by atoms with E-state index in [0.29, 0.717) is 10.5 Å². The molecule has 1 heterocycles. The molecule has 0 aromatic heterocycles. The van der Waals surface area contributed by atoms with Crippen LogP contribution in [0.4, 0.5) is 0 Å². The van der Waals surface area contributed by atoms with Gasteiger partial charge in [-0.2, -0.15) is 48.8 Å². The van der Waals surface area contributed by atoms with Crippen LogP contribution >= 0.6 is 48.8 Å². The number of hydrogen-bond acceptors (Lipinski definition) is 4. The van der Waals surface area contributed by atoms with Crippen molar-refractivity contribution in [2.75, 3.05) is 11.5 Å². The second kappa shape index (κ2) is 5.32. The van der Waals surface area contributed by atoms with Crippen LogP contribution in [-0.4, -0.2) is 32.5 Å². The van der Waals surface area contributed by atoms with Crippen molar-refractivity contribution in [2.45, 2.75) is 34.8 Å². The summed E-state index contributed by atoms with van der Waals surface area (Å²) < 4.78 is 0. The largest absolute Gasteiger partial charge is 0.175 e. The second-order valence-corrected chi connectivity index (χ2v) is 7.40. The van der Waals surface area contributed by atoms with E-state index in [1.54, 1.807) is 0 Å². The second-order valence-electron chi connectivity index (χ2n) is 3.22. The average Bonchev–Trinajstić information content (AvgIpc) is 2.04. The van der Waals surface area contributed by atoms with Gasteiger partial charge in [0.2, 0.25) is 0 Å². The molecule has 1 saturated heterocycles. The first-order valence-electron chi connectivity index (χ1n) is 4.20. The first-order valence-corrected chi connectivity index (χ1v) is 7.33. The maximum atomic E-state index is 4.47. The molecule has 4 unspecified atom stereocenters. The van der Waals surface area contributed by atoms with Gasteiger partial charge in [-0.15, -0.1) is 0 Å². The van der Waals surface area contributed by atoms with E-state index in [9.17, 15) is 0 Å². The predicted octanol–water partition coefficient (Wildman–Crippen LogP) is 2.84. The van der Waals surface area contributed by atoms with Crippen LogP contribution in [0.15, 0.2) is 0 Å². The predicted molar refractivity (Wildman–Crippen MR) is 69.4 cm³/mol. The van der Waals surface area contributed by atoms with E-state index in [0.717, 1.165) is 10.5 Å². The fourth-order valence-corrected chi connectivity index (χ4v) is 5.35. The van der Waals surface area contributed by atoms with Crippen LogP contribution in [0.25, 0.3) is 0 Å². The van der Waals surface area contributed by atoms with Crippen molar-refractivity contribution in [1.82, 2.24) is 0 Å². The molecule has 72 valence electrons. The lowest BCUT2D eigenvalue weighted by molar-refractivity contribution is 0.887. The molecule has 1 rings (SSSR count). The molecule has 0 nitrogen and oxygen atoms in total. The Morgan fingerprint density at radius 1 is 1.00 bits per heavy atom. The van der Waals surface area contributed by atoms with Gasteiger partial charge in [0, 0.05) is 32.5 Å². The molecular formula is C8H16S4. The summed E-state index contributed by atoms with van der Waals surface area (Å²) in [5, 5.41) is 2.53. The molecule has 0 aliphatic carbocycles. The SMILES string of the molecule is CC(S)C1CSC(C(C)S)CS1. The van der Waals surface area contributed by atoms with E-state index < -0.39 is 0 Å². The Labute approximate surface area is 94.8 Å². The summed E-state index contributed by atoms with van der Waals surface area (Å²) in [6.45, 7) is 4.37. The standard InChI is InChI=1S/C8H16S4/c1-5(9)7-3-12-8(4-11-7)6(2)10/h5-10H,3-4H2,1-2H3. The minimum atomic E-state index is 0.527. The van der Waals surface area contributed by atoms with Crippen molar-refractivity contribution >= 4 is 48.8 Å². The number of rotatable bonds is 2. The van der Waals surface area contributed by atoms with Gasteiger partial charge in [0.05, 0.1) is 0 Å². The third-order valence-corrected chi connectivity index (χ3v) is 6.68. The summed E-state index contributed by atoms with van der Waals surface area (Å²) in [7, 11) is 0. The molecule has 0 amide bonds. The third kappa shape index (κ3) is 3.28. The van der Waals surface area contributed by atoms with Gasteiger partial charge in [-0.25, -0.2) is 0 Å². The van der Waals surface area contributed by atoms with Crippen molar-refractivity contribution in [3.63, 3.8) is 0 Å². The van der Waals surface area contributed by atoms with Gasteiger partial charge in [-0.05, 0) is 0 Å². The Morgan fingerprint density at radius 3 is 1.50 bits per heavy atom. The lowest BCUT2D eigenvalue weighted by Crippen LogP contribution is -2.30. The molecule has 0 N–H and O–H groups in total. The van der Waals surface area contributed by atoms with Crippen LogP contribution in [0.2, 0.25) is 0 Å². The zero-order valence-corrected chi connectivity index (χ0v) is 10.9. The van der Waals surface area contributed by atoms with E-state index in [1.165, 1.54) is 11.5 Å². The molecule has 0 radical (unpaired) electrons. The number of thioether (sulfide) groups is 2. The van der Waals surface area contributed by atoms with Gasteiger partial charge in [0.1, 0.15) is 0 Å². The van der Waals surface area contributed by atoms with Crippen molar-refractivity contribution in [3.05, 3.63) is 0 Å². The van der Waals surface area contributed by atoms with Gasteiger partial charge >= 0.3 is 0 Å². The first-order chi connectivity index (χ1) is 5.61. The van der Waals surface area contributed by atoms with Crippen molar-refractivity contribution in [2.24, 2.45) is 0 Å². The molecule has 0 spiro atoms. The Bertz CT molecular complexity index is 111. The minimum Gasteiger partial charge on any atom is -0.175 e. The molecule has 0 saturated carbocycles. The lowest BCUT2D eigenvalue weighted by Gasteiger charge is -2.31. The normalized spacial score (nSPS) is 36.0. The minimum absolute atomic E-state index is 0.527. The summed E-state index contributed by atoms with van der Waals surface area (Å²) >= 11 is 13.1. The molecule has 4 atom stereocenters. The van der Waals surface area contributed by atoms with Crippen molar-refractivity contribution in [1.29, 1.82) is 0 Å². The number of thiol groups is 2. The highest BCUT2D eigenvalue weighted by Crippen LogP contribution is 2.35. The smallest absolute Gasteiger partial charge is 0.0252 e. The fourth-order valence-electron chi connectivity index (χ4n) is 1.09. The van der Waals surface area contributed by atoms with Gasteiger partial charge < -0.3 is 0 Å². The van der Waals surface area contributed by atoms with Crippen molar-refractivity contribution in [3.8, 4) is 0 Å². The van der Waals surface area contributed by atoms with Crippen LogP contribution in [0, 0.1) is 0 Å². The Hall–Kier alpha value is 1.40.